The zero-order chi connectivity index (χ0) is 13.7. The number of nitrogens with one attached hydrogen (secondary N) is 1. The highest BCUT2D eigenvalue weighted by molar-refractivity contribution is 9.10. The summed E-state index contributed by atoms with van der Waals surface area (Å²) in [6.07, 6.45) is 2.52. The first-order valence-electron chi connectivity index (χ1n) is 5.15. The van der Waals surface area contributed by atoms with E-state index in [1.165, 1.54) is 6.07 Å². The number of thioether (sulfide) groups is 1. The molecular formula is C11H13BrClFN2OS. The molecule has 1 aromatic rings. The zero-order valence-electron chi connectivity index (χ0n) is 9.67. The maximum Gasteiger partial charge on any atom is 0.241 e. The highest BCUT2D eigenvalue weighted by atomic mass is 79.9. The lowest BCUT2D eigenvalue weighted by atomic mass is 10.2. The summed E-state index contributed by atoms with van der Waals surface area (Å²) < 4.78 is 13.4. The Bertz CT molecular complexity index is 424. The van der Waals surface area contributed by atoms with Gasteiger partial charge >= 0.3 is 0 Å². The average molecular weight is 356 g/mol. The number of hydrogen-bond acceptors (Lipinski definition) is 3. The minimum absolute atomic E-state index is 0.132. The lowest BCUT2D eigenvalue weighted by Crippen LogP contribution is -2.36. The smallest absolute Gasteiger partial charge is 0.241 e. The third-order valence-corrected chi connectivity index (χ3v) is 3.79. The van der Waals surface area contributed by atoms with Crippen LogP contribution in [0.2, 0.25) is 5.02 Å². The minimum Gasteiger partial charge on any atom is -0.322 e. The van der Waals surface area contributed by atoms with Gasteiger partial charge in [-0.15, -0.1) is 0 Å². The number of nitrogens with two attached hydrogens (primary N) is 1. The molecule has 0 bridgehead atoms. The van der Waals surface area contributed by atoms with Gasteiger partial charge in [0.15, 0.2) is 0 Å². The van der Waals surface area contributed by atoms with Crippen molar-refractivity contribution in [1.82, 2.24) is 0 Å². The molecule has 0 aliphatic rings. The predicted octanol–water partition coefficient (Wildman–Crippen LogP) is 3.26. The van der Waals surface area contributed by atoms with Crippen molar-refractivity contribution in [3.63, 3.8) is 0 Å². The molecule has 7 heteroatoms. The molecule has 0 spiro atoms. The molecule has 0 aliphatic carbocycles. The fourth-order valence-corrected chi connectivity index (χ4v) is 2.64. The van der Waals surface area contributed by atoms with E-state index in [0.717, 1.165) is 11.8 Å². The van der Waals surface area contributed by atoms with Crippen LogP contribution in [0.3, 0.4) is 0 Å². The fraction of sp³-hybridized carbons (Fsp3) is 0.364. The summed E-state index contributed by atoms with van der Waals surface area (Å²) in [6.45, 7) is 0. The van der Waals surface area contributed by atoms with Crippen molar-refractivity contribution in [2.24, 2.45) is 5.73 Å². The molecule has 1 aromatic carbocycles. The second kappa shape index (κ2) is 7.33. The van der Waals surface area contributed by atoms with Gasteiger partial charge < -0.3 is 11.1 Å². The van der Waals surface area contributed by atoms with Crippen molar-refractivity contribution in [1.29, 1.82) is 0 Å². The molecule has 0 unspecified atom stereocenters. The van der Waals surface area contributed by atoms with Gasteiger partial charge in [-0.2, -0.15) is 11.8 Å². The normalized spacial score (nSPS) is 12.3. The molecule has 18 heavy (non-hydrogen) atoms. The first kappa shape index (κ1) is 15.8. The van der Waals surface area contributed by atoms with Crippen LogP contribution in [0.25, 0.3) is 0 Å². The second-order valence-corrected chi connectivity index (χ2v) is 5.87. The van der Waals surface area contributed by atoms with Crippen LogP contribution in [-0.4, -0.2) is 24.0 Å². The van der Waals surface area contributed by atoms with Gasteiger partial charge in [0.2, 0.25) is 5.91 Å². The van der Waals surface area contributed by atoms with E-state index < -0.39 is 11.9 Å². The topological polar surface area (TPSA) is 55.1 Å². The molecular weight excluding hydrogens is 343 g/mol. The summed E-state index contributed by atoms with van der Waals surface area (Å²) >= 11 is 10.6. The third-order valence-electron chi connectivity index (χ3n) is 2.22. The molecule has 0 saturated heterocycles. The number of amides is 1. The summed E-state index contributed by atoms with van der Waals surface area (Å²) in [5, 5.41) is 2.73. The first-order chi connectivity index (χ1) is 8.45. The third kappa shape index (κ3) is 4.42. The van der Waals surface area contributed by atoms with E-state index in [2.05, 4.69) is 21.2 Å². The first-order valence-corrected chi connectivity index (χ1v) is 7.72. The Hall–Kier alpha value is -0.300. The maximum atomic E-state index is 13.0. The molecule has 0 radical (unpaired) electrons. The van der Waals surface area contributed by atoms with Crippen LogP contribution in [0.1, 0.15) is 6.42 Å². The van der Waals surface area contributed by atoms with Gasteiger partial charge in [-0.1, -0.05) is 11.6 Å². The van der Waals surface area contributed by atoms with Crippen LogP contribution in [0.5, 0.6) is 0 Å². The Morgan fingerprint density at radius 1 is 1.67 bits per heavy atom. The fourth-order valence-electron chi connectivity index (χ4n) is 1.25. The van der Waals surface area contributed by atoms with E-state index in [-0.39, 0.29) is 10.9 Å². The van der Waals surface area contributed by atoms with Crippen molar-refractivity contribution in [3.8, 4) is 0 Å². The molecule has 1 rings (SSSR count). The molecule has 3 nitrogen and oxygen atoms in total. The number of hydrogen-bond donors (Lipinski definition) is 2. The SMILES string of the molecule is CSCC[C@@H](N)C(=O)Nc1c(Cl)cc(F)cc1Br. The predicted molar refractivity (Wildman–Crippen MR) is 78.7 cm³/mol. The summed E-state index contributed by atoms with van der Waals surface area (Å²) in [4.78, 5) is 11.8. The van der Waals surface area contributed by atoms with E-state index in [4.69, 9.17) is 17.3 Å². The molecule has 0 fully saturated rings. The van der Waals surface area contributed by atoms with Crippen molar-refractivity contribution < 1.29 is 9.18 Å². The number of carbonyl (C=O) groups excluding carboxylic acids is 1. The van der Waals surface area contributed by atoms with Crippen LogP contribution in [-0.2, 0) is 4.79 Å². The molecule has 1 amide bonds. The molecule has 100 valence electrons. The summed E-state index contributed by atoms with van der Waals surface area (Å²) in [5.74, 6) is -0.0118. The van der Waals surface area contributed by atoms with E-state index in [0.29, 0.717) is 16.6 Å². The van der Waals surface area contributed by atoms with Crippen LogP contribution in [0.15, 0.2) is 16.6 Å². The van der Waals surface area contributed by atoms with Crippen molar-refractivity contribution in [2.75, 3.05) is 17.3 Å². The standard InChI is InChI=1S/C11H13BrClFN2OS/c1-18-3-2-9(15)11(17)16-10-7(12)4-6(14)5-8(10)13/h4-5,9H,2-3,15H2,1H3,(H,16,17)/t9-/m1/s1. The molecule has 3 N–H and O–H groups in total. The van der Waals surface area contributed by atoms with Gasteiger partial charge in [-0.25, -0.2) is 4.39 Å². The number of anilines is 1. The average Bonchev–Trinajstić information content (AvgIpc) is 2.30. The number of halogens is 3. The molecule has 0 aliphatic heterocycles. The molecule has 0 heterocycles. The largest absolute Gasteiger partial charge is 0.322 e. The Kier molecular flexibility index (Phi) is 6.42. The van der Waals surface area contributed by atoms with Gasteiger partial charge in [0.05, 0.1) is 16.8 Å². The van der Waals surface area contributed by atoms with E-state index in [1.54, 1.807) is 11.8 Å². The van der Waals surface area contributed by atoms with E-state index in [1.807, 2.05) is 6.26 Å². The minimum atomic E-state index is -0.606. The van der Waals surface area contributed by atoms with Gasteiger partial charge in [0.1, 0.15) is 5.82 Å². The summed E-state index contributed by atoms with van der Waals surface area (Å²) in [6, 6.07) is 1.76. The number of carbonyl (C=O) groups is 1. The van der Waals surface area contributed by atoms with Gasteiger partial charge in [-0.3, -0.25) is 4.79 Å². The van der Waals surface area contributed by atoms with Crippen molar-refractivity contribution >= 4 is 50.9 Å². The maximum absolute atomic E-state index is 13.0. The second-order valence-electron chi connectivity index (χ2n) is 3.62. The zero-order valence-corrected chi connectivity index (χ0v) is 12.8. The summed E-state index contributed by atoms with van der Waals surface area (Å²) in [7, 11) is 0. The molecule has 1 atom stereocenters. The monoisotopic (exact) mass is 354 g/mol. The highest BCUT2D eigenvalue weighted by Crippen LogP contribution is 2.31. The van der Waals surface area contributed by atoms with Gasteiger partial charge in [0, 0.05) is 4.47 Å². The lowest BCUT2D eigenvalue weighted by Gasteiger charge is -2.14. The van der Waals surface area contributed by atoms with Gasteiger partial charge in [-0.05, 0) is 46.5 Å². The summed E-state index contributed by atoms with van der Waals surface area (Å²) in [5.41, 5.74) is 6.06. The lowest BCUT2D eigenvalue weighted by molar-refractivity contribution is -0.117. The Labute approximate surface area is 123 Å². The van der Waals surface area contributed by atoms with Crippen LogP contribution >= 0.6 is 39.3 Å². The number of rotatable bonds is 5. The Balaban J connectivity index is 2.76. The Morgan fingerprint density at radius 3 is 2.89 bits per heavy atom. The number of benzene rings is 1. The van der Waals surface area contributed by atoms with Crippen LogP contribution in [0.4, 0.5) is 10.1 Å². The van der Waals surface area contributed by atoms with Crippen molar-refractivity contribution in [2.45, 2.75) is 12.5 Å². The van der Waals surface area contributed by atoms with Crippen molar-refractivity contribution in [3.05, 3.63) is 27.4 Å². The van der Waals surface area contributed by atoms with Crippen LogP contribution < -0.4 is 11.1 Å². The van der Waals surface area contributed by atoms with E-state index in [9.17, 15) is 9.18 Å². The Morgan fingerprint density at radius 2 is 2.33 bits per heavy atom. The quantitative estimate of drug-likeness (QED) is 0.852. The van der Waals surface area contributed by atoms with E-state index >= 15 is 0 Å². The highest BCUT2D eigenvalue weighted by Gasteiger charge is 2.16. The molecule has 0 saturated carbocycles. The van der Waals surface area contributed by atoms with Gasteiger partial charge in [0.25, 0.3) is 0 Å². The van der Waals surface area contributed by atoms with Crippen LogP contribution in [0, 0.1) is 5.82 Å². The molecule has 0 aromatic heterocycles.